The fourth-order valence-electron chi connectivity index (χ4n) is 4.71. The van der Waals surface area contributed by atoms with E-state index in [1.54, 1.807) is 11.0 Å². The van der Waals surface area contributed by atoms with E-state index in [4.69, 9.17) is 19.4 Å². The van der Waals surface area contributed by atoms with Crippen LogP contribution in [-0.2, 0) is 20.9 Å². The van der Waals surface area contributed by atoms with Gasteiger partial charge in [0.1, 0.15) is 11.4 Å². The SMILES string of the molecule is CC(C)n1nc(CN2CCC3(CC2)CN(c2ccccc2)C(=O)O3)c2cc(F)ccc21.O=C=O. The fraction of sp³-hybridized carbons (Fsp3) is 0.400. The normalized spacial score (nSPS) is 17.5. The monoisotopic (exact) mass is 466 g/mol. The van der Waals surface area contributed by atoms with Crippen LogP contribution < -0.4 is 4.90 Å². The molecule has 0 aliphatic carbocycles. The molecular weight excluding hydrogens is 439 g/mol. The zero-order valence-corrected chi connectivity index (χ0v) is 19.2. The van der Waals surface area contributed by atoms with Crippen molar-refractivity contribution in [1.82, 2.24) is 14.7 Å². The Labute approximate surface area is 196 Å². The molecule has 0 bridgehead atoms. The van der Waals surface area contributed by atoms with Gasteiger partial charge in [0.05, 0.1) is 17.8 Å². The van der Waals surface area contributed by atoms with Crippen molar-refractivity contribution in [3.05, 3.63) is 60.0 Å². The molecule has 2 fully saturated rings. The lowest BCUT2D eigenvalue weighted by atomic mass is 9.91. The van der Waals surface area contributed by atoms with Crippen LogP contribution in [-0.4, -0.2) is 52.2 Å². The first-order valence-corrected chi connectivity index (χ1v) is 11.3. The first-order valence-electron chi connectivity index (χ1n) is 11.3. The molecule has 3 heterocycles. The number of rotatable bonds is 4. The second-order valence-electron chi connectivity index (χ2n) is 8.98. The molecule has 2 saturated heterocycles. The molecule has 0 saturated carbocycles. The molecule has 34 heavy (non-hydrogen) atoms. The second-order valence-corrected chi connectivity index (χ2v) is 8.98. The Hall–Kier alpha value is -3.55. The number of ether oxygens (including phenoxy) is 1. The molecule has 1 spiro atoms. The smallest absolute Gasteiger partial charge is 0.415 e. The standard InChI is InChI=1S/C24H27FN4O2.CO2/c1-17(2)29-22-9-8-18(25)14-20(22)21(26-29)15-27-12-10-24(11-13-27)16-28(23(30)31-24)19-6-4-3-5-7-19;2-1-3/h3-9,14,17H,10-13,15-16H2,1-2H3;. The number of carbonyl (C=O) groups is 1. The number of nitrogens with zero attached hydrogens (tertiary/aromatic N) is 4. The summed E-state index contributed by atoms with van der Waals surface area (Å²) in [6.45, 7) is 7.02. The van der Waals surface area contributed by atoms with Crippen molar-refractivity contribution in [2.75, 3.05) is 24.5 Å². The second kappa shape index (κ2) is 9.75. The summed E-state index contributed by atoms with van der Waals surface area (Å²) < 4.78 is 21.7. The van der Waals surface area contributed by atoms with Gasteiger partial charge in [0.2, 0.25) is 0 Å². The van der Waals surface area contributed by atoms with Crippen molar-refractivity contribution in [2.45, 2.75) is 44.9 Å². The van der Waals surface area contributed by atoms with Gasteiger partial charge in [-0.1, -0.05) is 18.2 Å². The number of piperidine rings is 1. The van der Waals surface area contributed by atoms with Gasteiger partial charge in [0.15, 0.2) is 0 Å². The quantitative estimate of drug-likeness (QED) is 0.574. The minimum Gasteiger partial charge on any atom is -0.441 e. The van der Waals surface area contributed by atoms with Crippen LogP contribution in [0.4, 0.5) is 14.9 Å². The molecule has 0 N–H and O–H groups in total. The molecule has 2 aromatic carbocycles. The van der Waals surface area contributed by atoms with E-state index in [2.05, 4.69) is 18.7 Å². The first-order chi connectivity index (χ1) is 16.4. The summed E-state index contributed by atoms with van der Waals surface area (Å²) in [5, 5.41) is 5.66. The van der Waals surface area contributed by atoms with E-state index in [1.807, 2.05) is 41.1 Å². The molecule has 8 nitrogen and oxygen atoms in total. The Kier molecular flexibility index (Phi) is 6.77. The third-order valence-electron chi connectivity index (χ3n) is 6.41. The van der Waals surface area contributed by atoms with Crippen molar-refractivity contribution in [3.63, 3.8) is 0 Å². The highest BCUT2D eigenvalue weighted by Crippen LogP contribution is 2.36. The fourth-order valence-corrected chi connectivity index (χ4v) is 4.71. The zero-order chi connectivity index (χ0) is 24.3. The van der Waals surface area contributed by atoms with E-state index < -0.39 is 5.60 Å². The number of hydrogen-bond acceptors (Lipinski definition) is 6. The van der Waals surface area contributed by atoms with Crippen molar-refractivity contribution >= 4 is 28.8 Å². The summed E-state index contributed by atoms with van der Waals surface area (Å²) in [7, 11) is 0. The van der Waals surface area contributed by atoms with Crippen LogP contribution in [0.25, 0.3) is 10.9 Å². The van der Waals surface area contributed by atoms with Gasteiger partial charge in [-0.3, -0.25) is 14.5 Å². The average Bonchev–Trinajstić information content (AvgIpc) is 3.34. The van der Waals surface area contributed by atoms with E-state index in [-0.39, 0.29) is 24.1 Å². The van der Waals surface area contributed by atoms with Crippen LogP contribution in [0.2, 0.25) is 0 Å². The number of likely N-dealkylation sites (tertiary alicyclic amines) is 1. The van der Waals surface area contributed by atoms with E-state index in [0.717, 1.165) is 48.2 Å². The molecule has 0 radical (unpaired) electrons. The van der Waals surface area contributed by atoms with E-state index in [0.29, 0.717) is 13.1 Å². The number of aromatic nitrogens is 2. The Balaban J connectivity index is 0.000000868. The van der Waals surface area contributed by atoms with Crippen molar-refractivity contribution in [1.29, 1.82) is 0 Å². The van der Waals surface area contributed by atoms with Crippen LogP contribution in [0.1, 0.15) is 38.4 Å². The van der Waals surface area contributed by atoms with Gasteiger partial charge in [-0.05, 0) is 44.2 Å². The highest BCUT2D eigenvalue weighted by atomic mass is 19.1. The minimum atomic E-state index is -0.436. The van der Waals surface area contributed by atoms with E-state index in [9.17, 15) is 9.18 Å². The molecule has 5 rings (SSSR count). The Morgan fingerprint density at radius 2 is 1.79 bits per heavy atom. The number of para-hydroxylation sites is 1. The summed E-state index contributed by atoms with van der Waals surface area (Å²) in [4.78, 5) is 32.8. The van der Waals surface area contributed by atoms with Gasteiger partial charge >= 0.3 is 12.2 Å². The summed E-state index contributed by atoms with van der Waals surface area (Å²) in [6, 6.07) is 14.8. The number of amides is 1. The van der Waals surface area contributed by atoms with Gasteiger partial charge in [-0.15, -0.1) is 0 Å². The van der Waals surface area contributed by atoms with Crippen molar-refractivity contribution < 1.29 is 23.5 Å². The number of hydrogen-bond donors (Lipinski definition) is 0. The molecule has 0 unspecified atom stereocenters. The number of fused-ring (bicyclic) bond motifs is 1. The summed E-state index contributed by atoms with van der Waals surface area (Å²) >= 11 is 0. The maximum Gasteiger partial charge on any atom is 0.415 e. The predicted octanol–water partition coefficient (Wildman–Crippen LogP) is 4.16. The summed E-state index contributed by atoms with van der Waals surface area (Å²) in [6.07, 6.45) is 1.54. The maximum atomic E-state index is 13.9. The predicted molar refractivity (Wildman–Crippen MR) is 123 cm³/mol. The van der Waals surface area contributed by atoms with Crippen LogP contribution in [0.5, 0.6) is 0 Å². The lowest BCUT2D eigenvalue weighted by Crippen LogP contribution is -2.46. The average molecular weight is 467 g/mol. The van der Waals surface area contributed by atoms with Crippen LogP contribution >= 0.6 is 0 Å². The highest BCUT2D eigenvalue weighted by Gasteiger charge is 2.47. The van der Waals surface area contributed by atoms with Crippen LogP contribution in [0.15, 0.2) is 48.5 Å². The molecule has 2 aliphatic heterocycles. The van der Waals surface area contributed by atoms with E-state index >= 15 is 0 Å². The third kappa shape index (κ3) is 4.71. The molecular formula is C25H27FN4O4. The molecule has 3 aromatic rings. The largest absolute Gasteiger partial charge is 0.441 e. The van der Waals surface area contributed by atoms with Gasteiger partial charge in [0, 0.05) is 49.6 Å². The molecule has 9 heteroatoms. The van der Waals surface area contributed by atoms with Gasteiger partial charge < -0.3 is 4.74 Å². The van der Waals surface area contributed by atoms with Gasteiger partial charge in [0.25, 0.3) is 0 Å². The number of anilines is 1. The number of benzene rings is 2. The zero-order valence-electron chi connectivity index (χ0n) is 19.2. The highest BCUT2D eigenvalue weighted by molar-refractivity contribution is 5.90. The molecule has 1 amide bonds. The van der Waals surface area contributed by atoms with Crippen molar-refractivity contribution in [3.8, 4) is 0 Å². The maximum absolute atomic E-state index is 13.9. The summed E-state index contributed by atoms with van der Waals surface area (Å²) in [5.41, 5.74) is 2.30. The third-order valence-corrected chi connectivity index (χ3v) is 6.41. The van der Waals surface area contributed by atoms with Crippen LogP contribution in [0.3, 0.4) is 0 Å². The lowest BCUT2D eigenvalue weighted by Gasteiger charge is -2.37. The lowest BCUT2D eigenvalue weighted by molar-refractivity contribution is -0.191. The van der Waals surface area contributed by atoms with Crippen LogP contribution in [0, 0.1) is 5.82 Å². The topological polar surface area (TPSA) is 84.7 Å². The van der Waals surface area contributed by atoms with Gasteiger partial charge in [-0.2, -0.15) is 14.7 Å². The minimum absolute atomic E-state index is 0.202. The molecule has 2 aliphatic rings. The van der Waals surface area contributed by atoms with Crippen molar-refractivity contribution in [2.24, 2.45) is 0 Å². The molecule has 178 valence electrons. The Morgan fingerprint density at radius 3 is 2.44 bits per heavy atom. The Morgan fingerprint density at radius 1 is 1.12 bits per heavy atom. The molecule has 0 atom stereocenters. The van der Waals surface area contributed by atoms with E-state index in [1.165, 1.54) is 6.07 Å². The van der Waals surface area contributed by atoms with Gasteiger partial charge in [-0.25, -0.2) is 9.18 Å². The number of carbonyl (C=O) groups excluding carboxylic acids is 3. The Bertz CT molecular complexity index is 1200. The first kappa shape index (κ1) is 23.6. The summed E-state index contributed by atoms with van der Waals surface area (Å²) in [5.74, 6) is -0.242. The molecule has 1 aromatic heterocycles. The number of halogens is 1.